The molecule has 0 saturated heterocycles. The van der Waals surface area contributed by atoms with Crippen LogP contribution in [-0.2, 0) is 11.2 Å². The summed E-state index contributed by atoms with van der Waals surface area (Å²) in [7, 11) is 3.44. The predicted molar refractivity (Wildman–Crippen MR) is 83.7 cm³/mol. The van der Waals surface area contributed by atoms with Gasteiger partial charge in [-0.1, -0.05) is 60.7 Å². The first-order chi connectivity index (χ1) is 10.1. The fourth-order valence-corrected chi connectivity index (χ4v) is 2.42. The summed E-state index contributed by atoms with van der Waals surface area (Å²) >= 11 is 0. The molecule has 1 N–H and O–H groups in total. The highest BCUT2D eigenvalue weighted by Gasteiger charge is 2.29. The molecule has 1 amide bonds. The molecule has 2 rings (SSSR count). The van der Waals surface area contributed by atoms with Crippen molar-refractivity contribution in [3.05, 3.63) is 71.8 Å². The molecule has 0 aromatic heterocycles. The van der Waals surface area contributed by atoms with Gasteiger partial charge in [0.05, 0.1) is 12.0 Å². The second-order valence-electron chi connectivity index (χ2n) is 5.38. The molecule has 110 valence electrons. The van der Waals surface area contributed by atoms with Gasteiger partial charge in [-0.2, -0.15) is 0 Å². The molecule has 0 heterocycles. The molecule has 0 radical (unpaired) electrons. The van der Waals surface area contributed by atoms with Gasteiger partial charge in [0, 0.05) is 14.1 Å². The van der Waals surface area contributed by atoms with E-state index in [1.165, 1.54) is 0 Å². The minimum absolute atomic E-state index is 0.0600. The highest BCUT2D eigenvalue weighted by atomic mass is 16.3. The monoisotopic (exact) mass is 283 g/mol. The fraction of sp³-hybridized carbons (Fsp3) is 0.278. The zero-order chi connectivity index (χ0) is 15.2. The number of benzene rings is 2. The van der Waals surface area contributed by atoms with Gasteiger partial charge in [0.15, 0.2) is 0 Å². The lowest BCUT2D eigenvalue weighted by Crippen LogP contribution is -2.34. The van der Waals surface area contributed by atoms with Crippen LogP contribution >= 0.6 is 0 Å². The standard InChI is InChI=1S/C18H21NO2/c1-19(2)18(21)16(13-14-9-5-3-6-10-14)17(20)15-11-7-4-8-12-15/h3-12,16-17,20H,13H2,1-2H3. The van der Waals surface area contributed by atoms with Gasteiger partial charge < -0.3 is 10.0 Å². The van der Waals surface area contributed by atoms with E-state index in [0.717, 1.165) is 11.1 Å². The zero-order valence-corrected chi connectivity index (χ0v) is 12.4. The highest BCUT2D eigenvalue weighted by Crippen LogP contribution is 2.26. The Balaban J connectivity index is 2.26. The van der Waals surface area contributed by atoms with Gasteiger partial charge in [-0.25, -0.2) is 0 Å². The second-order valence-corrected chi connectivity index (χ2v) is 5.38. The fourth-order valence-electron chi connectivity index (χ4n) is 2.42. The van der Waals surface area contributed by atoms with E-state index in [4.69, 9.17) is 0 Å². The Labute approximate surface area is 125 Å². The van der Waals surface area contributed by atoms with Crippen molar-refractivity contribution >= 4 is 5.91 Å². The molecular weight excluding hydrogens is 262 g/mol. The molecule has 2 atom stereocenters. The summed E-state index contributed by atoms with van der Waals surface area (Å²) in [5.41, 5.74) is 1.82. The van der Waals surface area contributed by atoms with Crippen molar-refractivity contribution in [2.45, 2.75) is 12.5 Å². The average Bonchev–Trinajstić information content (AvgIpc) is 2.53. The van der Waals surface area contributed by atoms with Crippen LogP contribution in [0.25, 0.3) is 0 Å². The number of hydrogen-bond donors (Lipinski definition) is 1. The Morgan fingerprint density at radius 2 is 1.52 bits per heavy atom. The molecule has 0 fully saturated rings. The normalized spacial score (nSPS) is 13.5. The van der Waals surface area contributed by atoms with Gasteiger partial charge in [0.2, 0.25) is 5.91 Å². The van der Waals surface area contributed by atoms with Crippen molar-refractivity contribution in [1.82, 2.24) is 4.90 Å². The van der Waals surface area contributed by atoms with Gasteiger partial charge in [0.25, 0.3) is 0 Å². The smallest absolute Gasteiger partial charge is 0.228 e. The van der Waals surface area contributed by atoms with Crippen LogP contribution in [0.3, 0.4) is 0 Å². The highest BCUT2D eigenvalue weighted by molar-refractivity contribution is 5.79. The van der Waals surface area contributed by atoms with E-state index in [2.05, 4.69) is 0 Å². The maximum Gasteiger partial charge on any atom is 0.228 e. The number of carbonyl (C=O) groups excluding carboxylic acids is 1. The minimum atomic E-state index is -0.804. The lowest BCUT2D eigenvalue weighted by molar-refractivity contribution is -0.136. The van der Waals surface area contributed by atoms with Gasteiger partial charge in [-0.15, -0.1) is 0 Å². The van der Waals surface area contributed by atoms with Gasteiger partial charge in [-0.3, -0.25) is 4.79 Å². The summed E-state index contributed by atoms with van der Waals surface area (Å²) in [6, 6.07) is 19.1. The van der Waals surface area contributed by atoms with Crippen LogP contribution in [0.1, 0.15) is 17.2 Å². The SMILES string of the molecule is CN(C)C(=O)C(Cc1ccccc1)C(O)c1ccccc1. The number of carbonyl (C=O) groups is 1. The van der Waals surface area contributed by atoms with Gasteiger partial charge in [-0.05, 0) is 17.5 Å². The number of aliphatic hydroxyl groups excluding tert-OH is 1. The Kier molecular flexibility index (Phi) is 5.12. The Bertz CT molecular complexity index is 566. The van der Waals surface area contributed by atoms with Crippen molar-refractivity contribution in [2.75, 3.05) is 14.1 Å². The zero-order valence-electron chi connectivity index (χ0n) is 12.4. The van der Waals surface area contributed by atoms with Crippen LogP contribution in [0.15, 0.2) is 60.7 Å². The van der Waals surface area contributed by atoms with Crippen molar-refractivity contribution in [2.24, 2.45) is 5.92 Å². The minimum Gasteiger partial charge on any atom is -0.388 e. The van der Waals surface area contributed by atoms with E-state index in [1.54, 1.807) is 19.0 Å². The molecule has 3 nitrogen and oxygen atoms in total. The third kappa shape index (κ3) is 3.92. The van der Waals surface area contributed by atoms with Gasteiger partial charge in [0.1, 0.15) is 0 Å². The largest absolute Gasteiger partial charge is 0.388 e. The summed E-state index contributed by atoms with van der Waals surface area (Å²) in [5.74, 6) is -0.542. The lowest BCUT2D eigenvalue weighted by atomic mass is 9.89. The Morgan fingerprint density at radius 3 is 2.05 bits per heavy atom. The van der Waals surface area contributed by atoms with E-state index in [-0.39, 0.29) is 5.91 Å². The Hall–Kier alpha value is -2.13. The number of amides is 1. The first-order valence-electron chi connectivity index (χ1n) is 7.07. The molecule has 2 unspecified atom stereocenters. The predicted octanol–water partition coefficient (Wildman–Crippen LogP) is 2.67. The Morgan fingerprint density at radius 1 is 1.00 bits per heavy atom. The molecule has 2 aromatic carbocycles. The summed E-state index contributed by atoms with van der Waals surface area (Å²) in [5, 5.41) is 10.6. The number of hydrogen-bond acceptors (Lipinski definition) is 2. The van der Waals surface area contributed by atoms with Crippen molar-refractivity contribution < 1.29 is 9.90 Å². The summed E-state index contributed by atoms with van der Waals surface area (Å²) in [6.07, 6.45) is -0.283. The molecule has 0 bridgehead atoms. The maximum absolute atomic E-state index is 12.4. The molecule has 0 aliphatic rings. The van der Waals surface area contributed by atoms with E-state index in [1.807, 2.05) is 60.7 Å². The van der Waals surface area contributed by atoms with E-state index >= 15 is 0 Å². The van der Waals surface area contributed by atoms with E-state index in [0.29, 0.717) is 6.42 Å². The summed E-state index contributed by atoms with van der Waals surface area (Å²) < 4.78 is 0. The van der Waals surface area contributed by atoms with Crippen LogP contribution in [-0.4, -0.2) is 30.0 Å². The molecule has 0 saturated carbocycles. The number of aliphatic hydroxyl groups is 1. The molecule has 0 aliphatic heterocycles. The molecule has 3 heteroatoms. The maximum atomic E-state index is 12.4. The van der Waals surface area contributed by atoms with Crippen LogP contribution in [0.5, 0.6) is 0 Å². The van der Waals surface area contributed by atoms with Crippen LogP contribution in [0.2, 0.25) is 0 Å². The second kappa shape index (κ2) is 7.04. The first kappa shape index (κ1) is 15.3. The summed E-state index contributed by atoms with van der Waals surface area (Å²) in [6.45, 7) is 0. The van der Waals surface area contributed by atoms with E-state index < -0.39 is 12.0 Å². The molecule has 0 spiro atoms. The molecule has 2 aromatic rings. The topological polar surface area (TPSA) is 40.5 Å². The van der Waals surface area contributed by atoms with Crippen LogP contribution in [0.4, 0.5) is 0 Å². The number of nitrogens with zero attached hydrogens (tertiary/aromatic N) is 1. The molecular formula is C18H21NO2. The van der Waals surface area contributed by atoms with Crippen LogP contribution in [0, 0.1) is 5.92 Å². The quantitative estimate of drug-likeness (QED) is 0.916. The third-order valence-electron chi connectivity index (χ3n) is 3.58. The summed E-state index contributed by atoms with van der Waals surface area (Å²) in [4.78, 5) is 14.0. The van der Waals surface area contributed by atoms with Crippen LogP contribution < -0.4 is 0 Å². The molecule has 0 aliphatic carbocycles. The number of rotatable bonds is 5. The van der Waals surface area contributed by atoms with Crippen molar-refractivity contribution in [1.29, 1.82) is 0 Å². The molecule has 21 heavy (non-hydrogen) atoms. The van der Waals surface area contributed by atoms with Gasteiger partial charge >= 0.3 is 0 Å². The third-order valence-corrected chi connectivity index (χ3v) is 3.58. The van der Waals surface area contributed by atoms with E-state index in [9.17, 15) is 9.90 Å². The van der Waals surface area contributed by atoms with Crippen molar-refractivity contribution in [3.8, 4) is 0 Å². The lowest BCUT2D eigenvalue weighted by Gasteiger charge is -2.25. The first-order valence-corrected chi connectivity index (χ1v) is 7.07. The average molecular weight is 283 g/mol. The van der Waals surface area contributed by atoms with Crippen molar-refractivity contribution in [3.63, 3.8) is 0 Å².